The largest absolute Gasteiger partial charge is 0.352 e. The van der Waals surface area contributed by atoms with E-state index in [1.807, 2.05) is 0 Å². The average molecular weight is 559 g/mol. The van der Waals surface area contributed by atoms with Gasteiger partial charge >= 0.3 is 0 Å². The third-order valence-corrected chi connectivity index (χ3v) is 8.13. The van der Waals surface area contributed by atoms with Crippen LogP contribution >= 0.6 is 23.2 Å². The molecule has 0 heterocycles. The third kappa shape index (κ3) is 7.33. The Hall–Kier alpha value is -2.36. The van der Waals surface area contributed by atoms with Crippen LogP contribution in [0.25, 0.3) is 0 Å². The summed E-state index contributed by atoms with van der Waals surface area (Å²) in [4.78, 5) is 28.0. The van der Waals surface area contributed by atoms with E-state index < -0.39 is 34.3 Å². The molecule has 0 aliphatic heterocycles. The number of benzene rings is 2. The molecule has 2 aromatic rings. The van der Waals surface area contributed by atoms with Gasteiger partial charge in [0.25, 0.3) is 0 Å². The van der Waals surface area contributed by atoms with E-state index in [4.69, 9.17) is 23.2 Å². The summed E-state index contributed by atoms with van der Waals surface area (Å²) in [6.07, 6.45) is 5.83. The Morgan fingerprint density at radius 1 is 1.08 bits per heavy atom. The lowest BCUT2D eigenvalue weighted by atomic mass is 9.95. The van der Waals surface area contributed by atoms with Crippen molar-refractivity contribution < 1.29 is 22.4 Å². The van der Waals surface area contributed by atoms with Gasteiger partial charge in [-0.2, -0.15) is 0 Å². The van der Waals surface area contributed by atoms with Crippen LogP contribution in [0.4, 0.5) is 10.1 Å². The quantitative estimate of drug-likeness (QED) is 0.481. The van der Waals surface area contributed by atoms with Gasteiger partial charge in [-0.25, -0.2) is 12.8 Å². The third-order valence-electron chi connectivity index (χ3n) is 6.28. The Morgan fingerprint density at radius 3 is 2.28 bits per heavy atom. The van der Waals surface area contributed by atoms with Gasteiger partial charge < -0.3 is 10.2 Å². The van der Waals surface area contributed by atoms with Crippen molar-refractivity contribution >= 4 is 50.7 Å². The van der Waals surface area contributed by atoms with E-state index in [0.717, 1.165) is 48.7 Å². The number of nitrogens with one attached hydrogen (secondary N) is 1. The summed E-state index contributed by atoms with van der Waals surface area (Å²) in [6.45, 7) is 0.830. The van der Waals surface area contributed by atoms with Gasteiger partial charge in [0.15, 0.2) is 0 Å². The van der Waals surface area contributed by atoms with Crippen LogP contribution in [0.15, 0.2) is 42.5 Å². The number of hydrogen-bond donors (Lipinski definition) is 1. The van der Waals surface area contributed by atoms with E-state index in [-0.39, 0.29) is 24.2 Å². The highest BCUT2D eigenvalue weighted by molar-refractivity contribution is 7.92. The van der Waals surface area contributed by atoms with Gasteiger partial charge in [0, 0.05) is 28.2 Å². The zero-order valence-corrected chi connectivity index (χ0v) is 22.5. The minimum Gasteiger partial charge on any atom is -0.352 e. The van der Waals surface area contributed by atoms with Crippen LogP contribution in [0, 0.1) is 5.82 Å². The van der Waals surface area contributed by atoms with Crippen molar-refractivity contribution in [2.45, 2.75) is 57.7 Å². The highest BCUT2D eigenvalue weighted by atomic mass is 35.5. The van der Waals surface area contributed by atoms with E-state index in [1.165, 1.54) is 23.1 Å². The minimum absolute atomic E-state index is 0.000820. The summed E-state index contributed by atoms with van der Waals surface area (Å²) in [7, 11) is -3.95. The number of sulfonamides is 1. The second kappa shape index (κ2) is 12.3. The minimum atomic E-state index is -3.95. The predicted molar refractivity (Wildman–Crippen MR) is 140 cm³/mol. The highest BCUT2D eigenvalue weighted by Gasteiger charge is 2.32. The molecule has 3 rings (SSSR count). The second-order valence-corrected chi connectivity index (χ2v) is 11.7. The van der Waals surface area contributed by atoms with Crippen molar-refractivity contribution in [1.82, 2.24) is 10.2 Å². The summed E-state index contributed by atoms with van der Waals surface area (Å²) in [6, 6.07) is 8.93. The molecule has 1 aliphatic carbocycles. The number of nitrogens with zero attached hydrogens (tertiary/aromatic N) is 2. The van der Waals surface area contributed by atoms with Crippen LogP contribution in [0.5, 0.6) is 0 Å². The molecule has 1 N–H and O–H groups in total. The molecule has 2 aromatic carbocycles. The Balaban J connectivity index is 1.91. The van der Waals surface area contributed by atoms with E-state index in [1.54, 1.807) is 25.1 Å². The zero-order valence-electron chi connectivity index (χ0n) is 20.2. The molecule has 11 heteroatoms. The molecule has 2 amide bonds. The SMILES string of the molecule is C[C@@H](C(=O)NC1CCCCC1)N(Cc1c(Cl)cccc1Cl)C(=O)CN(c1cccc(F)c1)S(C)(=O)=O. The summed E-state index contributed by atoms with van der Waals surface area (Å²) in [5.74, 6) is -1.66. The van der Waals surface area contributed by atoms with E-state index in [2.05, 4.69) is 5.32 Å². The van der Waals surface area contributed by atoms with Crippen LogP contribution in [-0.4, -0.2) is 50.0 Å². The maximum absolute atomic E-state index is 13.8. The molecule has 0 radical (unpaired) electrons. The molecule has 7 nitrogen and oxygen atoms in total. The fourth-order valence-corrected chi connectivity index (χ4v) is 5.61. The summed E-state index contributed by atoms with van der Waals surface area (Å²) in [5, 5.41) is 3.63. The molecule has 1 fully saturated rings. The van der Waals surface area contributed by atoms with Gasteiger partial charge in [0.05, 0.1) is 11.9 Å². The number of carbonyl (C=O) groups is 2. The average Bonchev–Trinajstić information content (AvgIpc) is 2.81. The lowest BCUT2D eigenvalue weighted by molar-refractivity contribution is -0.139. The molecule has 0 bridgehead atoms. The molecular weight excluding hydrogens is 528 g/mol. The topological polar surface area (TPSA) is 86.8 Å². The zero-order chi connectivity index (χ0) is 26.5. The van der Waals surface area contributed by atoms with Crippen molar-refractivity contribution in [3.63, 3.8) is 0 Å². The van der Waals surface area contributed by atoms with Crippen molar-refractivity contribution in [3.8, 4) is 0 Å². The number of amides is 2. The molecule has 1 aliphatic rings. The fourth-order valence-electron chi connectivity index (χ4n) is 4.25. The molecule has 1 saturated carbocycles. The molecule has 0 unspecified atom stereocenters. The Bertz CT molecular complexity index is 1190. The molecular formula is C25H30Cl2FN3O4S. The van der Waals surface area contributed by atoms with Crippen LogP contribution in [0.1, 0.15) is 44.6 Å². The second-order valence-electron chi connectivity index (χ2n) is 8.99. The van der Waals surface area contributed by atoms with Gasteiger partial charge in [-0.1, -0.05) is 54.6 Å². The first kappa shape index (κ1) is 28.2. The molecule has 0 spiro atoms. The fraction of sp³-hybridized carbons (Fsp3) is 0.440. The first-order valence-corrected chi connectivity index (χ1v) is 14.3. The number of hydrogen-bond acceptors (Lipinski definition) is 4. The molecule has 1 atom stereocenters. The lowest BCUT2D eigenvalue weighted by Gasteiger charge is -2.33. The Kier molecular flexibility index (Phi) is 9.60. The van der Waals surface area contributed by atoms with Crippen LogP contribution < -0.4 is 9.62 Å². The lowest BCUT2D eigenvalue weighted by Crippen LogP contribution is -2.53. The van der Waals surface area contributed by atoms with E-state index in [0.29, 0.717) is 15.6 Å². The number of anilines is 1. The van der Waals surface area contributed by atoms with E-state index in [9.17, 15) is 22.4 Å². The molecule has 0 aromatic heterocycles. The summed E-state index contributed by atoms with van der Waals surface area (Å²) >= 11 is 12.7. The first-order valence-electron chi connectivity index (χ1n) is 11.7. The standard InChI is InChI=1S/C25H30Cl2FN3O4S/c1-17(25(33)29-19-9-4-3-5-10-19)30(15-21-22(26)12-7-13-23(21)27)24(32)16-31(36(2,34)35)20-11-6-8-18(28)14-20/h6-8,11-14,17,19H,3-5,9-10,15-16H2,1-2H3,(H,29,33)/t17-/m0/s1. The molecule has 0 saturated heterocycles. The normalized spacial score (nSPS) is 15.2. The van der Waals surface area contributed by atoms with Crippen molar-refractivity contribution in [2.24, 2.45) is 0 Å². The van der Waals surface area contributed by atoms with E-state index >= 15 is 0 Å². The van der Waals surface area contributed by atoms with Crippen LogP contribution in [0.3, 0.4) is 0 Å². The smallest absolute Gasteiger partial charge is 0.244 e. The predicted octanol–water partition coefficient (Wildman–Crippen LogP) is 4.76. The summed E-state index contributed by atoms with van der Waals surface area (Å²) < 4.78 is 39.7. The number of rotatable bonds is 9. The number of carbonyl (C=O) groups excluding carboxylic acids is 2. The van der Waals surface area contributed by atoms with Gasteiger partial charge in [0.2, 0.25) is 21.8 Å². The highest BCUT2D eigenvalue weighted by Crippen LogP contribution is 2.27. The van der Waals surface area contributed by atoms with Crippen LogP contribution in [0.2, 0.25) is 10.0 Å². The van der Waals surface area contributed by atoms with Gasteiger partial charge in [0.1, 0.15) is 18.4 Å². The monoisotopic (exact) mass is 557 g/mol. The Morgan fingerprint density at radius 2 is 1.69 bits per heavy atom. The Labute approximate surface area is 221 Å². The maximum atomic E-state index is 13.8. The van der Waals surface area contributed by atoms with Crippen molar-refractivity contribution in [2.75, 3.05) is 17.1 Å². The van der Waals surface area contributed by atoms with Crippen molar-refractivity contribution in [1.29, 1.82) is 0 Å². The maximum Gasteiger partial charge on any atom is 0.244 e. The first-order chi connectivity index (χ1) is 17.0. The van der Waals surface area contributed by atoms with Crippen molar-refractivity contribution in [3.05, 3.63) is 63.9 Å². The molecule has 36 heavy (non-hydrogen) atoms. The van der Waals surface area contributed by atoms with Gasteiger partial charge in [-0.05, 0) is 50.1 Å². The van der Waals surface area contributed by atoms with Crippen LogP contribution in [-0.2, 0) is 26.2 Å². The van der Waals surface area contributed by atoms with Gasteiger partial charge in [-0.3, -0.25) is 13.9 Å². The molecule has 196 valence electrons. The summed E-state index contributed by atoms with van der Waals surface area (Å²) in [5.41, 5.74) is 0.434. The number of halogens is 3. The van der Waals surface area contributed by atoms with Gasteiger partial charge in [-0.15, -0.1) is 0 Å².